The van der Waals surface area contributed by atoms with Crippen molar-refractivity contribution in [1.29, 1.82) is 5.26 Å². The van der Waals surface area contributed by atoms with E-state index in [-0.39, 0.29) is 65.7 Å². The zero-order chi connectivity index (χ0) is 41.9. The minimum absolute atomic E-state index is 0.0419. The van der Waals surface area contributed by atoms with Crippen LogP contribution in [0.3, 0.4) is 0 Å². The minimum atomic E-state index is -4.82. The van der Waals surface area contributed by atoms with E-state index in [0.717, 1.165) is 68.5 Å². The molecule has 3 atom stereocenters. The Bertz CT molecular complexity index is 1940. The van der Waals surface area contributed by atoms with Crippen molar-refractivity contribution in [2.75, 3.05) is 28.7 Å². The molecule has 3 unspecified atom stereocenters. The number of piperidine rings is 2. The molecular formula is C41H51F3N8O5S. The van der Waals surface area contributed by atoms with Crippen LogP contribution < -0.4 is 20.9 Å². The van der Waals surface area contributed by atoms with Crippen LogP contribution in [0.15, 0.2) is 36.5 Å². The summed E-state index contributed by atoms with van der Waals surface area (Å²) in [7, 11) is 0. The fraction of sp³-hybridized carbons (Fsp3) is 0.585. The monoisotopic (exact) mass is 824 g/mol. The summed E-state index contributed by atoms with van der Waals surface area (Å²) in [6.07, 6.45) is 4.02. The molecule has 2 aromatic rings. The van der Waals surface area contributed by atoms with E-state index in [1.54, 1.807) is 32.0 Å². The van der Waals surface area contributed by atoms with Crippen molar-refractivity contribution in [3.8, 4) is 6.07 Å². The molecule has 58 heavy (non-hydrogen) atoms. The number of hydrogen-bond acceptors (Lipinski definition) is 10. The number of ether oxygens (including phenoxy) is 1. The summed E-state index contributed by atoms with van der Waals surface area (Å²) >= 11 is 5.73. The molecule has 3 aliphatic heterocycles. The number of nitriles is 1. The Balaban J connectivity index is 0.919. The highest BCUT2D eigenvalue weighted by Crippen LogP contribution is 2.41. The van der Waals surface area contributed by atoms with Gasteiger partial charge in [-0.3, -0.25) is 34.3 Å². The largest absolute Gasteiger partial charge is 0.419 e. The van der Waals surface area contributed by atoms with E-state index in [2.05, 4.69) is 39.7 Å². The third-order valence-corrected chi connectivity index (χ3v) is 12.3. The maximum atomic E-state index is 13.7. The average Bonchev–Trinajstić information content (AvgIpc) is 3.34. The molecule has 1 saturated carbocycles. The second-order valence-corrected chi connectivity index (χ2v) is 16.8. The number of nitrogens with zero attached hydrogens (tertiary/aromatic N) is 5. The molecule has 3 saturated heterocycles. The van der Waals surface area contributed by atoms with Crippen LogP contribution >= 0.6 is 12.2 Å². The maximum Gasteiger partial charge on any atom is 0.419 e. The van der Waals surface area contributed by atoms with Crippen molar-refractivity contribution >= 4 is 58.0 Å². The SMILES string of the molecule is CC1CC(OCCCC2CCC(N3C(=S)N(c4cnc(C#N)c(C(F)(F)F)c4)C(=O)C3(C)C)CC2)CC(C)N1CC(=O)Nc1cccc(NC2CCC(=O)NC2=O)c1. The molecule has 0 spiro atoms. The summed E-state index contributed by atoms with van der Waals surface area (Å²) in [6, 6.07) is 9.14. The molecule has 17 heteroatoms. The van der Waals surface area contributed by atoms with E-state index in [0.29, 0.717) is 30.3 Å². The number of carbonyl (C=O) groups excluding carboxylic acids is 4. The molecule has 4 amide bonds. The smallest absolute Gasteiger partial charge is 0.378 e. The first kappa shape index (κ1) is 42.9. The molecule has 1 aromatic heterocycles. The van der Waals surface area contributed by atoms with Crippen molar-refractivity contribution in [3.05, 3.63) is 47.8 Å². The Morgan fingerprint density at radius 1 is 1.07 bits per heavy atom. The summed E-state index contributed by atoms with van der Waals surface area (Å²) in [5.41, 5.74) is -1.84. The fourth-order valence-electron chi connectivity index (χ4n) is 8.94. The number of halogens is 3. The van der Waals surface area contributed by atoms with Crippen LogP contribution in [0, 0.1) is 17.2 Å². The van der Waals surface area contributed by atoms with Crippen molar-refractivity contribution in [2.24, 2.45) is 5.92 Å². The Morgan fingerprint density at radius 2 is 1.76 bits per heavy atom. The molecule has 6 rings (SSSR count). The van der Waals surface area contributed by atoms with E-state index >= 15 is 0 Å². The van der Waals surface area contributed by atoms with Crippen LogP contribution in [-0.2, 0) is 30.1 Å². The second kappa shape index (κ2) is 17.7. The summed E-state index contributed by atoms with van der Waals surface area (Å²) in [4.78, 5) is 59.2. The van der Waals surface area contributed by atoms with E-state index in [1.165, 1.54) is 6.07 Å². The van der Waals surface area contributed by atoms with Gasteiger partial charge >= 0.3 is 6.18 Å². The first-order valence-electron chi connectivity index (χ1n) is 20.0. The van der Waals surface area contributed by atoms with Gasteiger partial charge in [-0.1, -0.05) is 6.07 Å². The molecule has 13 nitrogen and oxygen atoms in total. The molecule has 3 N–H and O–H groups in total. The highest BCUT2D eigenvalue weighted by atomic mass is 32.1. The minimum Gasteiger partial charge on any atom is -0.378 e. The predicted molar refractivity (Wildman–Crippen MR) is 214 cm³/mol. The lowest BCUT2D eigenvalue weighted by molar-refractivity contribution is -0.138. The van der Waals surface area contributed by atoms with Gasteiger partial charge in [0.2, 0.25) is 17.7 Å². The van der Waals surface area contributed by atoms with E-state index in [9.17, 15) is 32.3 Å². The highest BCUT2D eigenvalue weighted by Gasteiger charge is 2.53. The van der Waals surface area contributed by atoms with Gasteiger partial charge < -0.3 is 20.3 Å². The normalized spacial score (nSPS) is 26.7. The van der Waals surface area contributed by atoms with E-state index < -0.39 is 34.9 Å². The summed E-state index contributed by atoms with van der Waals surface area (Å²) in [5.74, 6) is -0.717. The molecular weight excluding hydrogens is 774 g/mol. The third kappa shape index (κ3) is 9.61. The summed E-state index contributed by atoms with van der Waals surface area (Å²) < 4.78 is 47.4. The number of carbonyl (C=O) groups is 4. The van der Waals surface area contributed by atoms with Crippen molar-refractivity contribution in [3.63, 3.8) is 0 Å². The van der Waals surface area contributed by atoms with Gasteiger partial charge in [0.1, 0.15) is 17.6 Å². The Labute approximate surface area is 342 Å². The van der Waals surface area contributed by atoms with Gasteiger partial charge in [0, 0.05) is 42.5 Å². The quantitative estimate of drug-likeness (QED) is 0.128. The van der Waals surface area contributed by atoms with Crippen LogP contribution in [0.25, 0.3) is 0 Å². The van der Waals surface area contributed by atoms with E-state index in [1.807, 2.05) is 11.0 Å². The second-order valence-electron chi connectivity index (χ2n) is 16.5. The molecule has 1 aliphatic carbocycles. The van der Waals surface area contributed by atoms with Crippen LogP contribution in [0.1, 0.15) is 103 Å². The van der Waals surface area contributed by atoms with Gasteiger partial charge in [0.25, 0.3) is 5.91 Å². The summed E-state index contributed by atoms with van der Waals surface area (Å²) in [5, 5.41) is 17.8. The molecule has 0 bridgehead atoms. The number of aromatic nitrogens is 1. The number of pyridine rings is 1. The molecule has 1 aromatic carbocycles. The molecule has 4 heterocycles. The standard InChI is InChI=1S/C41H51F3N8O5S/c1-24-17-31(18-25(2)50(24)23-36(54)48-28-9-5-8-27(19-28)47-33-14-15-35(53)49-37(33)55)57-16-6-7-26-10-12-29(13-11-26)52-39(58)51(38(56)40(52,3)4)30-20-32(41(42,43)44)34(21-45)46-22-30/h5,8-9,19-20,22,24-26,29,31,33,47H,6-7,10-18,23H2,1-4H3,(H,48,54)(H,49,53,55). The van der Waals surface area contributed by atoms with Crippen LogP contribution in [-0.4, -0.2) is 92.5 Å². The zero-order valence-electron chi connectivity index (χ0n) is 33.2. The van der Waals surface area contributed by atoms with Gasteiger partial charge in [-0.05, 0) is 128 Å². The van der Waals surface area contributed by atoms with Gasteiger partial charge in [0.15, 0.2) is 10.8 Å². The maximum absolute atomic E-state index is 13.7. The number of nitrogens with one attached hydrogen (secondary N) is 3. The molecule has 0 radical (unpaired) electrons. The van der Waals surface area contributed by atoms with Crippen LogP contribution in [0.2, 0.25) is 0 Å². The number of likely N-dealkylation sites (tertiary alicyclic amines) is 1. The topological polar surface area (TPSA) is 160 Å². The molecule has 312 valence electrons. The predicted octanol–water partition coefficient (Wildman–Crippen LogP) is 6.14. The number of hydrogen-bond donors (Lipinski definition) is 3. The Hall–Kier alpha value is -4.66. The van der Waals surface area contributed by atoms with Crippen LogP contribution in [0.4, 0.5) is 30.2 Å². The summed E-state index contributed by atoms with van der Waals surface area (Å²) in [6.45, 7) is 8.58. The molecule has 4 fully saturated rings. The molecule has 4 aliphatic rings. The van der Waals surface area contributed by atoms with Gasteiger partial charge in [0.05, 0.1) is 30.1 Å². The average molecular weight is 825 g/mol. The number of thiocarbonyl (C=S) groups is 1. The lowest BCUT2D eigenvalue weighted by Crippen LogP contribution is -2.51. The highest BCUT2D eigenvalue weighted by molar-refractivity contribution is 7.80. The number of amides is 4. The number of rotatable bonds is 12. The Kier molecular flexibility index (Phi) is 13.1. The number of alkyl halides is 3. The van der Waals surface area contributed by atoms with Crippen molar-refractivity contribution in [2.45, 2.75) is 134 Å². The van der Waals surface area contributed by atoms with Gasteiger partial charge in [-0.15, -0.1) is 0 Å². The first-order chi connectivity index (χ1) is 27.5. The number of benzene rings is 1. The van der Waals surface area contributed by atoms with Crippen LogP contribution in [0.5, 0.6) is 0 Å². The zero-order valence-corrected chi connectivity index (χ0v) is 34.0. The lowest BCUT2D eigenvalue weighted by Gasteiger charge is -2.42. The lowest BCUT2D eigenvalue weighted by atomic mass is 9.82. The number of imide groups is 1. The first-order valence-corrected chi connectivity index (χ1v) is 20.4. The van der Waals surface area contributed by atoms with Gasteiger partial charge in [-0.25, -0.2) is 4.98 Å². The number of anilines is 3. The van der Waals surface area contributed by atoms with E-state index in [4.69, 9.17) is 22.2 Å². The van der Waals surface area contributed by atoms with Gasteiger partial charge in [-0.2, -0.15) is 18.4 Å². The van der Waals surface area contributed by atoms with Crippen molar-refractivity contribution in [1.82, 2.24) is 20.1 Å². The Morgan fingerprint density at radius 3 is 2.41 bits per heavy atom. The fourth-order valence-corrected chi connectivity index (χ4v) is 9.51. The third-order valence-electron chi connectivity index (χ3n) is 12.0. The van der Waals surface area contributed by atoms with Crippen molar-refractivity contribution < 1.29 is 37.1 Å².